The van der Waals surface area contributed by atoms with Crippen LogP contribution >= 0.6 is 23.2 Å². The highest BCUT2D eigenvalue weighted by molar-refractivity contribution is 6.31. The topological polar surface area (TPSA) is 64.9 Å². The van der Waals surface area contributed by atoms with Crippen LogP contribution < -0.4 is 5.32 Å². The van der Waals surface area contributed by atoms with Crippen molar-refractivity contribution in [1.82, 2.24) is 5.01 Å². The normalized spacial score (nSPS) is 18.9. The van der Waals surface area contributed by atoms with Crippen molar-refractivity contribution in [3.05, 3.63) is 99.8 Å². The highest BCUT2D eigenvalue weighted by Gasteiger charge is 2.47. The smallest absolute Gasteiger partial charge is 0.342 e. The second kappa shape index (κ2) is 8.90. The number of aliphatic hydroxyl groups is 1. The first kappa shape index (κ1) is 22.3. The molecule has 0 spiro atoms. The standard InChI is InChI=1S/C24H20Cl2FN3O2/c1-24(22(31)16-4-10-19(27)11-5-16)14-30(23(32)28-20-12-8-18(26)9-13-20)29-21(24)15-2-6-17(25)7-3-15/h2-13,22,31H,14H2,1H3,(H,28,32). The summed E-state index contributed by atoms with van der Waals surface area (Å²) in [5.41, 5.74) is 1.38. The van der Waals surface area contributed by atoms with E-state index < -0.39 is 23.4 Å². The van der Waals surface area contributed by atoms with E-state index in [1.807, 2.05) is 6.92 Å². The number of aliphatic hydroxyl groups excluding tert-OH is 1. The van der Waals surface area contributed by atoms with Crippen LogP contribution in [0, 0.1) is 11.2 Å². The Kier molecular flexibility index (Phi) is 6.20. The molecule has 0 fully saturated rings. The Balaban J connectivity index is 1.68. The first-order chi connectivity index (χ1) is 15.3. The molecular formula is C24H20Cl2FN3O2. The van der Waals surface area contributed by atoms with Gasteiger partial charge in [-0.15, -0.1) is 0 Å². The van der Waals surface area contributed by atoms with E-state index >= 15 is 0 Å². The van der Waals surface area contributed by atoms with E-state index in [-0.39, 0.29) is 6.54 Å². The molecular weight excluding hydrogens is 452 g/mol. The van der Waals surface area contributed by atoms with Crippen LogP contribution in [0.1, 0.15) is 24.2 Å². The van der Waals surface area contributed by atoms with Crippen molar-refractivity contribution in [3.63, 3.8) is 0 Å². The first-order valence-corrected chi connectivity index (χ1v) is 10.6. The number of carbonyl (C=O) groups excluding carboxylic acids is 1. The van der Waals surface area contributed by atoms with Gasteiger partial charge in [-0.05, 0) is 66.6 Å². The van der Waals surface area contributed by atoms with Gasteiger partial charge >= 0.3 is 6.03 Å². The fourth-order valence-electron chi connectivity index (χ4n) is 3.72. The number of hydrazone groups is 1. The number of anilines is 1. The van der Waals surface area contributed by atoms with Crippen molar-refractivity contribution >= 4 is 40.6 Å². The van der Waals surface area contributed by atoms with Crippen molar-refractivity contribution in [2.45, 2.75) is 13.0 Å². The monoisotopic (exact) mass is 471 g/mol. The summed E-state index contributed by atoms with van der Waals surface area (Å²) in [4.78, 5) is 12.9. The number of rotatable bonds is 4. The van der Waals surface area contributed by atoms with Crippen molar-refractivity contribution in [2.24, 2.45) is 10.5 Å². The fourth-order valence-corrected chi connectivity index (χ4v) is 3.97. The van der Waals surface area contributed by atoms with E-state index in [1.54, 1.807) is 48.5 Å². The van der Waals surface area contributed by atoms with E-state index in [0.29, 0.717) is 27.0 Å². The van der Waals surface area contributed by atoms with Crippen LogP contribution in [-0.4, -0.2) is 28.4 Å². The van der Waals surface area contributed by atoms with E-state index in [9.17, 15) is 14.3 Å². The Hall–Kier alpha value is -2.93. The van der Waals surface area contributed by atoms with Crippen molar-refractivity contribution < 1.29 is 14.3 Å². The molecule has 1 heterocycles. The van der Waals surface area contributed by atoms with Gasteiger partial charge in [-0.3, -0.25) is 0 Å². The average Bonchev–Trinajstić information content (AvgIpc) is 3.15. The third kappa shape index (κ3) is 4.48. The van der Waals surface area contributed by atoms with Crippen LogP contribution in [0.5, 0.6) is 0 Å². The highest BCUT2D eigenvalue weighted by Crippen LogP contribution is 2.42. The lowest BCUT2D eigenvalue weighted by Crippen LogP contribution is -2.40. The molecule has 3 aromatic carbocycles. The SMILES string of the molecule is CC1(C(O)c2ccc(F)cc2)CN(C(=O)Nc2ccc(Cl)cc2)N=C1c1ccc(Cl)cc1. The van der Waals surface area contributed by atoms with Gasteiger partial charge in [-0.2, -0.15) is 5.10 Å². The fraction of sp³-hybridized carbons (Fsp3) is 0.167. The molecule has 2 atom stereocenters. The third-order valence-corrected chi connectivity index (χ3v) is 5.98. The van der Waals surface area contributed by atoms with Crippen LogP contribution in [0.3, 0.4) is 0 Å². The lowest BCUT2D eigenvalue weighted by atomic mass is 9.75. The number of urea groups is 1. The molecule has 3 aromatic rings. The molecule has 0 saturated carbocycles. The molecule has 164 valence electrons. The van der Waals surface area contributed by atoms with Gasteiger partial charge in [0.05, 0.1) is 23.8 Å². The molecule has 0 radical (unpaired) electrons. The van der Waals surface area contributed by atoms with Gasteiger partial charge < -0.3 is 10.4 Å². The van der Waals surface area contributed by atoms with Crippen LogP contribution in [0.2, 0.25) is 10.0 Å². The lowest BCUT2D eigenvalue weighted by molar-refractivity contribution is 0.0755. The quantitative estimate of drug-likeness (QED) is 0.480. The van der Waals surface area contributed by atoms with Gasteiger partial charge in [0.2, 0.25) is 0 Å². The Morgan fingerprint density at radius 3 is 2.19 bits per heavy atom. The first-order valence-electron chi connectivity index (χ1n) is 9.89. The average molecular weight is 472 g/mol. The number of carbonyl (C=O) groups is 1. The minimum absolute atomic E-state index is 0.114. The van der Waals surface area contributed by atoms with Crippen molar-refractivity contribution in [3.8, 4) is 0 Å². The Morgan fingerprint density at radius 1 is 1.03 bits per heavy atom. The zero-order valence-electron chi connectivity index (χ0n) is 17.1. The van der Waals surface area contributed by atoms with Crippen LogP contribution in [-0.2, 0) is 0 Å². The van der Waals surface area contributed by atoms with E-state index in [4.69, 9.17) is 23.2 Å². The molecule has 0 bridgehead atoms. The molecule has 1 aliphatic rings. The second-order valence-corrected chi connectivity index (χ2v) is 8.69. The summed E-state index contributed by atoms with van der Waals surface area (Å²) in [7, 11) is 0. The molecule has 2 N–H and O–H groups in total. The minimum Gasteiger partial charge on any atom is -0.387 e. The number of nitrogens with one attached hydrogen (secondary N) is 1. The Bertz CT molecular complexity index is 1150. The number of halogens is 3. The lowest BCUT2D eigenvalue weighted by Gasteiger charge is -2.32. The predicted octanol–water partition coefficient (Wildman–Crippen LogP) is 6.12. The van der Waals surface area contributed by atoms with E-state index in [1.165, 1.54) is 29.3 Å². The second-order valence-electron chi connectivity index (χ2n) is 7.82. The number of amides is 2. The largest absolute Gasteiger partial charge is 0.387 e. The number of hydrogen-bond acceptors (Lipinski definition) is 3. The molecule has 0 saturated heterocycles. The van der Waals surface area contributed by atoms with Crippen LogP contribution in [0.25, 0.3) is 0 Å². The molecule has 2 amide bonds. The summed E-state index contributed by atoms with van der Waals surface area (Å²) in [6, 6.07) is 18.9. The molecule has 4 rings (SSSR count). The van der Waals surface area contributed by atoms with Crippen LogP contribution in [0.4, 0.5) is 14.9 Å². The van der Waals surface area contributed by atoms with Gasteiger partial charge in [0.1, 0.15) is 5.82 Å². The summed E-state index contributed by atoms with van der Waals surface area (Å²) in [5, 5.41) is 21.0. The molecule has 5 nitrogen and oxygen atoms in total. The maximum Gasteiger partial charge on any atom is 0.342 e. The van der Waals surface area contributed by atoms with Gasteiger partial charge in [-0.25, -0.2) is 14.2 Å². The molecule has 0 aromatic heterocycles. The summed E-state index contributed by atoms with van der Waals surface area (Å²) in [6.45, 7) is 1.94. The molecule has 8 heteroatoms. The van der Waals surface area contributed by atoms with Gasteiger partial charge in [0, 0.05) is 15.7 Å². The van der Waals surface area contributed by atoms with Gasteiger partial charge in [0.15, 0.2) is 0 Å². The number of benzene rings is 3. The number of hydrogen-bond donors (Lipinski definition) is 2. The van der Waals surface area contributed by atoms with Gasteiger partial charge in [-0.1, -0.05) is 47.5 Å². The minimum atomic E-state index is -1.04. The zero-order chi connectivity index (χ0) is 22.9. The molecule has 2 unspecified atom stereocenters. The third-order valence-electron chi connectivity index (χ3n) is 5.48. The van der Waals surface area contributed by atoms with E-state index in [2.05, 4.69) is 10.4 Å². The Labute approximate surface area is 195 Å². The van der Waals surface area contributed by atoms with Crippen molar-refractivity contribution in [1.29, 1.82) is 0 Å². The summed E-state index contributed by atoms with van der Waals surface area (Å²) in [6.07, 6.45) is -1.04. The van der Waals surface area contributed by atoms with Gasteiger partial charge in [0.25, 0.3) is 0 Å². The molecule has 32 heavy (non-hydrogen) atoms. The predicted molar refractivity (Wildman–Crippen MR) is 125 cm³/mol. The highest BCUT2D eigenvalue weighted by atomic mass is 35.5. The molecule has 1 aliphatic heterocycles. The summed E-state index contributed by atoms with van der Waals surface area (Å²) >= 11 is 11.9. The number of nitrogens with zero attached hydrogens (tertiary/aromatic N) is 2. The van der Waals surface area contributed by atoms with Crippen molar-refractivity contribution in [2.75, 3.05) is 11.9 Å². The maximum absolute atomic E-state index is 13.4. The molecule has 0 aliphatic carbocycles. The summed E-state index contributed by atoms with van der Waals surface area (Å²) < 4.78 is 13.4. The summed E-state index contributed by atoms with van der Waals surface area (Å²) in [5.74, 6) is -0.395. The maximum atomic E-state index is 13.4. The van der Waals surface area contributed by atoms with Crippen LogP contribution in [0.15, 0.2) is 77.9 Å². The Morgan fingerprint density at radius 2 is 1.59 bits per heavy atom. The zero-order valence-corrected chi connectivity index (χ0v) is 18.6. The van der Waals surface area contributed by atoms with E-state index in [0.717, 1.165) is 5.56 Å².